The number of amides is 1. The summed E-state index contributed by atoms with van der Waals surface area (Å²) in [7, 11) is 1.54. The number of methoxy groups -OCH3 is 1. The zero-order chi connectivity index (χ0) is 20.1. The molecule has 0 spiro atoms. The third-order valence-electron chi connectivity index (χ3n) is 4.87. The number of ketones is 1. The van der Waals surface area contributed by atoms with E-state index in [2.05, 4.69) is 6.92 Å². The molecule has 1 fully saturated rings. The summed E-state index contributed by atoms with van der Waals surface area (Å²) in [5.41, 5.74) is 2.39. The molecule has 6 nitrogen and oxygen atoms in total. The van der Waals surface area contributed by atoms with Crippen LogP contribution in [0.2, 0.25) is 0 Å². The molecule has 3 rings (SSSR count). The minimum absolute atomic E-state index is 0.0884. The SMILES string of the molecule is CCc1ccc(N2CC(C(=O)OCC(=O)c3ccc(OC)cc3)CC2=O)cc1. The van der Waals surface area contributed by atoms with E-state index >= 15 is 0 Å². The fraction of sp³-hybridized carbons (Fsp3) is 0.318. The summed E-state index contributed by atoms with van der Waals surface area (Å²) in [5.74, 6) is -0.866. The number of rotatable bonds is 7. The first-order valence-electron chi connectivity index (χ1n) is 9.25. The molecule has 0 bridgehead atoms. The monoisotopic (exact) mass is 381 g/mol. The van der Waals surface area contributed by atoms with Gasteiger partial charge in [0.2, 0.25) is 5.91 Å². The van der Waals surface area contributed by atoms with E-state index in [9.17, 15) is 14.4 Å². The molecule has 28 heavy (non-hydrogen) atoms. The van der Waals surface area contributed by atoms with Gasteiger partial charge in [0.1, 0.15) is 5.75 Å². The van der Waals surface area contributed by atoms with Gasteiger partial charge in [-0.3, -0.25) is 14.4 Å². The van der Waals surface area contributed by atoms with Crippen molar-refractivity contribution >= 4 is 23.3 Å². The number of carbonyl (C=O) groups is 3. The van der Waals surface area contributed by atoms with Crippen molar-refractivity contribution in [2.75, 3.05) is 25.2 Å². The predicted octanol–water partition coefficient (Wildman–Crippen LogP) is 3.04. The molecule has 1 atom stereocenters. The topological polar surface area (TPSA) is 72.9 Å². The van der Waals surface area contributed by atoms with Crippen LogP contribution in [0.5, 0.6) is 5.75 Å². The van der Waals surface area contributed by atoms with Crippen LogP contribution in [-0.2, 0) is 20.7 Å². The van der Waals surface area contributed by atoms with Crippen LogP contribution in [0.3, 0.4) is 0 Å². The first kappa shape index (κ1) is 19.6. The number of aryl methyl sites for hydroxylation is 1. The van der Waals surface area contributed by atoms with E-state index in [-0.39, 0.29) is 31.3 Å². The van der Waals surface area contributed by atoms with Crippen molar-refractivity contribution < 1.29 is 23.9 Å². The van der Waals surface area contributed by atoms with E-state index < -0.39 is 11.9 Å². The van der Waals surface area contributed by atoms with Gasteiger partial charge in [-0.05, 0) is 48.4 Å². The zero-order valence-corrected chi connectivity index (χ0v) is 16.0. The molecule has 0 aliphatic carbocycles. The Bertz CT molecular complexity index is 858. The second-order valence-corrected chi connectivity index (χ2v) is 6.68. The van der Waals surface area contributed by atoms with E-state index in [1.807, 2.05) is 24.3 Å². The van der Waals surface area contributed by atoms with Crippen LogP contribution >= 0.6 is 0 Å². The summed E-state index contributed by atoms with van der Waals surface area (Å²) in [6.07, 6.45) is 1.01. The maximum atomic E-state index is 12.3. The van der Waals surface area contributed by atoms with Crippen LogP contribution in [0.4, 0.5) is 5.69 Å². The highest BCUT2D eigenvalue weighted by atomic mass is 16.5. The van der Waals surface area contributed by atoms with Crippen LogP contribution in [0.1, 0.15) is 29.3 Å². The molecule has 2 aromatic rings. The fourth-order valence-electron chi connectivity index (χ4n) is 3.14. The van der Waals surface area contributed by atoms with Gasteiger partial charge in [0.05, 0.1) is 13.0 Å². The van der Waals surface area contributed by atoms with Gasteiger partial charge in [-0.15, -0.1) is 0 Å². The highest BCUT2D eigenvalue weighted by molar-refractivity contribution is 6.01. The number of hydrogen-bond acceptors (Lipinski definition) is 5. The van der Waals surface area contributed by atoms with E-state index in [1.54, 1.807) is 36.3 Å². The normalized spacial score (nSPS) is 16.1. The summed E-state index contributed by atoms with van der Waals surface area (Å²) >= 11 is 0. The van der Waals surface area contributed by atoms with Crippen molar-refractivity contribution in [3.05, 3.63) is 59.7 Å². The molecule has 1 aliphatic rings. The maximum Gasteiger partial charge on any atom is 0.311 e. The number of nitrogens with zero attached hydrogens (tertiary/aromatic N) is 1. The summed E-state index contributed by atoms with van der Waals surface area (Å²) < 4.78 is 10.2. The molecule has 0 saturated carbocycles. The van der Waals surface area contributed by atoms with Crippen molar-refractivity contribution in [2.24, 2.45) is 5.92 Å². The molecule has 2 aromatic carbocycles. The Labute approximate surface area is 164 Å². The molecule has 6 heteroatoms. The first-order chi connectivity index (χ1) is 13.5. The average molecular weight is 381 g/mol. The first-order valence-corrected chi connectivity index (χ1v) is 9.25. The van der Waals surface area contributed by atoms with Crippen molar-refractivity contribution in [2.45, 2.75) is 19.8 Å². The molecule has 1 heterocycles. The lowest BCUT2D eigenvalue weighted by molar-refractivity contribution is -0.147. The lowest BCUT2D eigenvalue weighted by atomic mass is 10.1. The minimum atomic E-state index is -0.568. The molecule has 0 N–H and O–H groups in total. The predicted molar refractivity (Wildman–Crippen MR) is 105 cm³/mol. The van der Waals surface area contributed by atoms with Gasteiger partial charge in [0, 0.05) is 24.2 Å². The van der Waals surface area contributed by atoms with Gasteiger partial charge < -0.3 is 14.4 Å². The fourth-order valence-corrected chi connectivity index (χ4v) is 3.14. The van der Waals surface area contributed by atoms with Gasteiger partial charge in [0.15, 0.2) is 12.4 Å². The van der Waals surface area contributed by atoms with Gasteiger partial charge in [-0.1, -0.05) is 19.1 Å². The summed E-state index contributed by atoms with van der Waals surface area (Å²) in [5, 5.41) is 0. The highest BCUT2D eigenvalue weighted by Crippen LogP contribution is 2.26. The second kappa shape index (κ2) is 8.69. The van der Waals surface area contributed by atoms with Gasteiger partial charge in [-0.2, -0.15) is 0 Å². The van der Waals surface area contributed by atoms with Crippen LogP contribution in [0, 0.1) is 5.92 Å². The zero-order valence-electron chi connectivity index (χ0n) is 16.0. The number of ether oxygens (including phenoxy) is 2. The van der Waals surface area contributed by atoms with E-state index in [1.165, 1.54) is 5.56 Å². The maximum absolute atomic E-state index is 12.3. The lowest BCUT2D eigenvalue weighted by Crippen LogP contribution is -2.27. The van der Waals surface area contributed by atoms with Crippen LogP contribution in [-0.4, -0.2) is 37.9 Å². The quantitative estimate of drug-likeness (QED) is 0.544. The van der Waals surface area contributed by atoms with Gasteiger partial charge >= 0.3 is 5.97 Å². The number of hydrogen-bond donors (Lipinski definition) is 0. The Morgan fingerprint density at radius 1 is 1.07 bits per heavy atom. The van der Waals surface area contributed by atoms with Crippen molar-refractivity contribution in [3.8, 4) is 5.75 Å². The molecule has 0 radical (unpaired) electrons. The molecule has 1 saturated heterocycles. The van der Waals surface area contributed by atoms with Crippen molar-refractivity contribution in [1.29, 1.82) is 0 Å². The standard InChI is InChI=1S/C22H23NO5/c1-3-15-4-8-18(9-5-15)23-13-17(12-21(23)25)22(26)28-14-20(24)16-6-10-19(27-2)11-7-16/h4-11,17H,3,12-14H2,1-2H3. The van der Waals surface area contributed by atoms with Gasteiger partial charge in [-0.25, -0.2) is 0 Å². The minimum Gasteiger partial charge on any atom is -0.497 e. The Morgan fingerprint density at radius 2 is 1.75 bits per heavy atom. The molecular weight excluding hydrogens is 358 g/mol. The number of anilines is 1. The van der Waals surface area contributed by atoms with Crippen molar-refractivity contribution in [3.63, 3.8) is 0 Å². The average Bonchev–Trinajstić information content (AvgIpc) is 3.13. The summed E-state index contributed by atoms with van der Waals surface area (Å²) in [6.45, 7) is 1.98. The Kier molecular flexibility index (Phi) is 6.09. The summed E-state index contributed by atoms with van der Waals surface area (Å²) in [6, 6.07) is 14.3. The number of carbonyl (C=O) groups excluding carboxylic acids is 3. The Hall–Kier alpha value is -3.15. The summed E-state index contributed by atoms with van der Waals surface area (Å²) in [4.78, 5) is 38.4. The molecule has 146 valence electrons. The van der Waals surface area contributed by atoms with E-state index in [0.717, 1.165) is 12.1 Å². The van der Waals surface area contributed by atoms with Crippen LogP contribution in [0.15, 0.2) is 48.5 Å². The van der Waals surface area contributed by atoms with Crippen LogP contribution in [0.25, 0.3) is 0 Å². The van der Waals surface area contributed by atoms with Crippen LogP contribution < -0.4 is 9.64 Å². The molecule has 1 aliphatic heterocycles. The molecule has 1 unspecified atom stereocenters. The lowest BCUT2D eigenvalue weighted by Gasteiger charge is -2.17. The smallest absolute Gasteiger partial charge is 0.311 e. The number of benzene rings is 2. The van der Waals surface area contributed by atoms with Gasteiger partial charge in [0.25, 0.3) is 0 Å². The van der Waals surface area contributed by atoms with E-state index in [0.29, 0.717) is 11.3 Å². The largest absolute Gasteiger partial charge is 0.497 e. The number of Topliss-reactive ketones (excluding diaryl/α,β-unsaturated/α-hetero) is 1. The third kappa shape index (κ3) is 4.39. The second-order valence-electron chi connectivity index (χ2n) is 6.68. The third-order valence-corrected chi connectivity index (χ3v) is 4.87. The molecular formula is C22H23NO5. The number of esters is 1. The molecule has 1 amide bonds. The Morgan fingerprint density at radius 3 is 2.36 bits per heavy atom. The Balaban J connectivity index is 1.55. The highest BCUT2D eigenvalue weighted by Gasteiger charge is 2.36. The van der Waals surface area contributed by atoms with Crippen molar-refractivity contribution in [1.82, 2.24) is 0 Å². The van der Waals surface area contributed by atoms with E-state index in [4.69, 9.17) is 9.47 Å². The molecule has 0 aromatic heterocycles.